The molecular weight excluding hydrogens is 348 g/mol. The third-order valence-corrected chi connectivity index (χ3v) is 4.27. The van der Waals surface area contributed by atoms with Gasteiger partial charge in [-0.05, 0) is 19.1 Å². The number of anilines is 1. The average molecular weight is 360 g/mol. The van der Waals surface area contributed by atoms with Crippen molar-refractivity contribution in [2.45, 2.75) is 6.92 Å². The number of nitrogen functional groups attached to an aromatic ring is 1. The van der Waals surface area contributed by atoms with E-state index in [1.807, 2.05) is 0 Å². The molecule has 0 aliphatic rings. The lowest BCUT2D eigenvalue weighted by atomic mass is 10.2. The molecule has 128 valence electrons. The van der Waals surface area contributed by atoms with Gasteiger partial charge in [0.05, 0.1) is 27.6 Å². The fourth-order valence-corrected chi connectivity index (χ4v) is 3.10. The van der Waals surface area contributed by atoms with E-state index < -0.39 is 16.5 Å². The number of ether oxygens (including phenoxy) is 1. The molecule has 0 saturated carbocycles. The predicted octanol–water partition coefficient (Wildman–Crippen LogP) is 2.11. The average Bonchev–Trinajstić information content (AvgIpc) is 2.98. The van der Waals surface area contributed by atoms with E-state index in [0.717, 1.165) is 16.0 Å². The second-order valence-electron chi connectivity index (χ2n) is 4.95. The number of hydrogen-bond donors (Lipinski definition) is 1. The summed E-state index contributed by atoms with van der Waals surface area (Å²) in [6.45, 7) is 1.81. The molecule has 0 fully saturated rings. The minimum Gasteiger partial charge on any atom is -0.461 e. The van der Waals surface area contributed by atoms with E-state index in [1.165, 1.54) is 24.3 Å². The Labute approximate surface area is 144 Å². The zero-order chi connectivity index (χ0) is 18.1. The van der Waals surface area contributed by atoms with Crippen molar-refractivity contribution in [3.8, 4) is 5.69 Å². The molecule has 0 aliphatic heterocycles. The second kappa shape index (κ2) is 6.32. The quantitative estimate of drug-likeness (QED) is 0.428. The maximum atomic E-state index is 12.7. The van der Waals surface area contributed by atoms with Crippen LogP contribution in [0.2, 0.25) is 0 Å². The van der Waals surface area contributed by atoms with Gasteiger partial charge in [0.2, 0.25) is 0 Å². The van der Waals surface area contributed by atoms with Crippen LogP contribution in [0.1, 0.15) is 17.4 Å². The summed E-state index contributed by atoms with van der Waals surface area (Å²) in [5.74, 6) is -0.680. The minimum atomic E-state index is -0.680. The van der Waals surface area contributed by atoms with Gasteiger partial charge in [-0.25, -0.2) is 4.79 Å². The third-order valence-electron chi connectivity index (χ3n) is 3.45. The van der Waals surface area contributed by atoms with Crippen LogP contribution in [-0.4, -0.2) is 27.3 Å². The highest BCUT2D eigenvalue weighted by Crippen LogP contribution is 2.28. The first-order chi connectivity index (χ1) is 11.9. The van der Waals surface area contributed by atoms with Crippen LogP contribution >= 0.6 is 11.3 Å². The number of carbonyl (C=O) groups excluding carboxylic acids is 1. The summed E-state index contributed by atoms with van der Waals surface area (Å²) < 4.78 is 5.97. The number of non-ortho nitro benzene ring substituents is 1. The Morgan fingerprint density at radius 3 is 2.68 bits per heavy atom. The highest BCUT2D eigenvalue weighted by atomic mass is 32.1. The molecule has 9 nitrogen and oxygen atoms in total. The van der Waals surface area contributed by atoms with Gasteiger partial charge >= 0.3 is 5.97 Å². The summed E-state index contributed by atoms with van der Waals surface area (Å²) in [5.41, 5.74) is 5.46. The number of fused-ring (bicyclic) bond motifs is 1. The lowest BCUT2D eigenvalue weighted by molar-refractivity contribution is -0.384. The highest BCUT2D eigenvalue weighted by molar-refractivity contribution is 7.15. The van der Waals surface area contributed by atoms with Crippen molar-refractivity contribution in [1.29, 1.82) is 0 Å². The molecule has 0 atom stereocenters. The number of hydrogen-bond acceptors (Lipinski definition) is 8. The number of benzene rings is 1. The van der Waals surface area contributed by atoms with Gasteiger partial charge < -0.3 is 10.5 Å². The SMILES string of the molecule is CCOC(=O)c1nn(-c2ccc([N+](=O)[O-])cc2)c(=O)c2c(N)scc12. The number of nitro groups is 1. The Kier molecular flexibility index (Phi) is 4.19. The lowest BCUT2D eigenvalue weighted by Gasteiger charge is -2.08. The molecule has 0 unspecified atom stereocenters. The van der Waals surface area contributed by atoms with Gasteiger partial charge in [0.15, 0.2) is 5.69 Å². The maximum absolute atomic E-state index is 12.7. The standard InChI is InChI=1S/C15H12N4O5S/c1-2-24-15(21)12-10-7-25-13(16)11(10)14(20)18(17-12)8-3-5-9(6-4-8)19(22)23/h3-7H,2,16H2,1H3. The molecule has 3 rings (SSSR count). The number of esters is 1. The number of aromatic nitrogens is 2. The van der Waals surface area contributed by atoms with Crippen LogP contribution in [0.5, 0.6) is 0 Å². The largest absolute Gasteiger partial charge is 0.461 e. The summed E-state index contributed by atoms with van der Waals surface area (Å²) in [6, 6.07) is 5.23. The molecule has 0 amide bonds. The molecule has 2 aromatic heterocycles. The first-order valence-corrected chi connectivity index (χ1v) is 8.04. The Morgan fingerprint density at radius 2 is 2.08 bits per heavy atom. The van der Waals surface area contributed by atoms with E-state index in [0.29, 0.717) is 5.39 Å². The molecule has 25 heavy (non-hydrogen) atoms. The number of nitrogens with zero attached hydrogens (tertiary/aromatic N) is 3. The van der Waals surface area contributed by atoms with E-state index in [-0.39, 0.29) is 34.1 Å². The van der Waals surface area contributed by atoms with Crippen molar-refractivity contribution < 1.29 is 14.5 Å². The van der Waals surface area contributed by atoms with Gasteiger partial charge in [-0.2, -0.15) is 9.78 Å². The summed E-state index contributed by atoms with van der Waals surface area (Å²) in [5, 5.41) is 17.2. The van der Waals surface area contributed by atoms with E-state index in [9.17, 15) is 19.7 Å². The van der Waals surface area contributed by atoms with E-state index in [1.54, 1.807) is 12.3 Å². The second-order valence-corrected chi connectivity index (χ2v) is 5.86. The molecule has 3 aromatic rings. The smallest absolute Gasteiger partial charge is 0.359 e. The van der Waals surface area contributed by atoms with Gasteiger partial charge in [0.25, 0.3) is 11.2 Å². The molecule has 2 N–H and O–H groups in total. The molecule has 0 aliphatic carbocycles. The Balaban J connectivity index is 2.26. The molecule has 1 aromatic carbocycles. The summed E-state index contributed by atoms with van der Waals surface area (Å²) in [6.07, 6.45) is 0. The van der Waals surface area contributed by atoms with E-state index in [4.69, 9.17) is 10.5 Å². The van der Waals surface area contributed by atoms with E-state index >= 15 is 0 Å². The predicted molar refractivity (Wildman–Crippen MR) is 92.2 cm³/mol. The molecule has 2 heterocycles. The summed E-state index contributed by atoms with van der Waals surface area (Å²) in [7, 11) is 0. The van der Waals surface area contributed by atoms with Gasteiger partial charge in [-0.1, -0.05) is 0 Å². The fraction of sp³-hybridized carbons (Fsp3) is 0.133. The number of rotatable bonds is 4. The highest BCUT2D eigenvalue weighted by Gasteiger charge is 2.21. The molecule has 0 radical (unpaired) electrons. The van der Waals surface area contributed by atoms with Crippen molar-refractivity contribution in [2.24, 2.45) is 0 Å². The maximum Gasteiger partial charge on any atom is 0.359 e. The van der Waals surface area contributed by atoms with Crippen molar-refractivity contribution in [3.05, 3.63) is 55.8 Å². The first kappa shape index (κ1) is 16.6. The van der Waals surface area contributed by atoms with Crippen LogP contribution < -0.4 is 11.3 Å². The van der Waals surface area contributed by atoms with Crippen molar-refractivity contribution in [2.75, 3.05) is 12.3 Å². The third kappa shape index (κ3) is 2.83. The van der Waals surface area contributed by atoms with Gasteiger partial charge in [-0.15, -0.1) is 11.3 Å². The Morgan fingerprint density at radius 1 is 1.40 bits per heavy atom. The van der Waals surface area contributed by atoms with Crippen molar-refractivity contribution in [1.82, 2.24) is 9.78 Å². The van der Waals surface area contributed by atoms with Crippen LogP contribution in [0.3, 0.4) is 0 Å². The van der Waals surface area contributed by atoms with Crippen molar-refractivity contribution >= 4 is 38.8 Å². The van der Waals surface area contributed by atoms with E-state index in [2.05, 4.69) is 5.10 Å². The van der Waals surface area contributed by atoms with Crippen LogP contribution in [0.4, 0.5) is 10.7 Å². The van der Waals surface area contributed by atoms with Gasteiger partial charge in [-0.3, -0.25) is 14.9 Å². The molecule has 0 bridgehead atoms. The Bertz CT molecular complexity index is 1040. The molecule has 0 saturated heterocycles. The fourth-order valence-electron chi connectivity index (χ4n) is 2.31. The number of nitro benzene ring substituents is 1. The first-order valence-electron chi connectivity index (χ1n) is 7.16. The summed E-state index contributed by atoms with van der Waals surface area (Å²) >= 11 is 1.12. The molecule has 0 spiro atoms. The topological polar surface area (TPSA) is 130 Å². The molecular formula is C15H12N4O5S. The summed E-state index contributed by atoms with van der Waals surface area (Å²) in [4.78, 5) is 35.1. The van der Waals surface area contributed by atoms with Crippen LogP contribution in [0.15, 0.2) is 34.4 Å². The van der Waals surface area contributed by atoms with Crippen LogP contribution in [0, 0.1) is 10.1 Å². The Hall–Kier alpha value is -3.27. The normalized spacial score (nSPS) is 10.8. The lowest BCUT2D eigenvalue weighted by Crippen LogP contribution is -2.25. The number of nitrogens with two attached hydrogens (primary N) is 1. The zero-order valence-corrected chi connectivity index (χ0v) is 13.8. The zero-order valence-electron chi connectivity index (χ0n) is 13.0. The monoisotopic (exact) mass is 360 g/mol. The van der Waals surface area contributed by atoms with Crippen LogP contribution in [0.25, 0.3) is 16.5 Å². The minimum absolute atomic E-state index is 0.0391. The number of thiophene rings is 1. The van der Waals surface area contributed by atoms with Crippen molar-refractivity contribution in [3.63, 3.8) is 0 Å². The van der Waals surface area contributed by atoms with Gasteiger partial charge in [0.1, 0.15) is 0 Å². The van der Waals surface area contributed by atoms with Gasteiger partial charge in [0, 0.05) is 22.9 Å². The molecule has 10 heteroatoms. The number of carbonyl (C=O) groups is 1. The van der Waals surface area contributed by atoms with Crippen LogP contribution in [-0.2, 0) is 4.74 Å².